The summed E-state index contributed by atoms with van der Waals surface area (Å²) in [4.78, 5) is 17.6. The molecule has 28 heavy (non-hydrogen) atoms. The summed E-state index contributed by atoms with van der Waals surface area (Å²) in [6.45, 7) is 3.73. The van der Waals surface area contributed by atoms with Crippen LogP contribution in [0.5, 0.6) is 0 Å². The zero-order valence-electron chi connectivity index (χ0n) is 15.1. The predicted octanol–water partition coefficient (Wildman–Crippen LogP) is 3.94. The van der Waals surface area contributed by atoms with Crippen LogP contribution in [0.3, 0.4) is 0 Å². The van der Waals surface area contributed by atoms with E-state index in [1.807, 2.05) is 6.20 Å². The maximum atomic E-state index is 6.09. The molecular weight excluding hydrogens is 399 g/mol. The van der Waals surface area contributed by atoms with Crippen LogP contribution in [0.15, 0.2) is 41.3 Å². The fourth-order valence-electron chi connectivity index (χ4n) is 4.15. The first-order valence-electron chi connectivity index (χ1n) is 9.16. The third-order valence-corrected chi connectivity index (χ3v) is 5.83. The largest absolute Gasteiger partial charge is 0.354 e. The van der Waals surface area contributed by atoms with E-state index in [1.54, 1.807) is 30.6 Å². The molecule has 1 aromatic carbocycles. The van der Waals surface area contributed by atoms with Gasteiger partial charge in [-0.3, -0.25) is 4.98 Å². The number of halogens is 2. The zero-order valence-corrected chi connectivity index (χ0v) is 16.6. The molecule has 7 nitrogen and oxygen atoms in total. The van der Waals surface area contributed by atoms with Crippen LogP contribution in [-0.2, 0) is 0 Å². The summed E-state index contributed by atoms with van der Waals surface area (Å²) in [7, 11) is 0. The van der Waals surface area contributed by atoms with Crippen LogP contribution in [0.1, 0.15) is 12.8 Å². The minimum Gasteiger partial charge on any atom is -0.354 e. The number of piperidine rings is 1. The number of nitrogens with zero attached hydrogens (tertiary/aromatic N) is 6. The van der Waals surface area contributed by atoms with Crippen molar-refractivity contribution in [3.8, 4) is 11.4 Å². The molecule has 0 N–H and O–H groups in total. The van der Waals surface area contributed by atoms with Crippen LogP contribution < -0.4 is 9.80 Å². The Morgan fingerprint density at radius 2 is 1.79 bits per heavy atom. The minimum absolute atomic E-state index is 0.226. The van der Waals surface area contributed by atoms with E-state index < -0.39 is 0 Å². The van der Waals surface area contributed by atoms with Crippen molar-refractivity contribution in [1.82, 2.24) is 20.1 Å². The van der Waals surface area contributed by atoms with E-state index in [2.05, 4.69) is 29.9 Å². The average Bonchev–Trinajstić information content (AvgIpc) is 3.16. The van der Waals surface area contributed by atoms with Gasteiger partial charge in [0.15, 0.2) is 0 Å². The number of aromatic nitrogens is 4. The SMILES string of the molecule is Clc1cc(Cl)cc(-c2noc(N3CCCC4(CN(c5cnccn5)C4)C3)n2)c1. The van der Waals surface area contributed by atoms with Gasteiger partial charge in [-0.2, -0.15) is 4.98 Å². The summed E-state index contributed by atoms with van der Waals surface area (Å²) >= 11 is 12.2. The van der Waals surface area contributed by atoms with E-state index in [1.165, 1.54) is 6.42 Å². The van der Waals surface area contributed by atoms with Crippen molar-refractivity contribution in [3.05, 3.63) is 46.8 Å². The van der Waals surface area contributed by atoms with Gasteiger partial charge in [-0.05, 0) is 31.0 Å². The van der Waals surface area contributed by atoms with Crippen molar-refractivity contribution in [1.29, 1.82) is 0 Å². The molecule has 144 valence electrons. The van der Waals surface area contributed by atoms with Crippen molar-refractivity contribution in [2.24, 2.45) is 5.41 Å². The molecule has 2 aliphatic heterocycles. The highest BCUT2D eigenvalue weighted by molar-refractivity contribution is 6.35. The smallest absolute Gasteiger partial charge is 0.324 e. The van der Waals surface area contributed by atoms with Crippen LogP contribution in [0.2, 0.25) is 10.0 Å². The summed E-state index contributed by atoms with van der Waals surface area (Å²) in [5, 5.41) is 5.22. The van der Waals surface area contributed by atoms with Gasteiger partial charge in [0.1, 0.15) is 5.82 Å². The Morgan fingerprint density at radius 3 is 2.54 bits per heavy atom. The van der Waals surface area contributed by atoms with Gasteiger partial charge in [0.25, 0.3) is 0 Å². The quantitative estimate of drug-likeness (QED) is 0.639. The molecule has 0 amide bonds. The van der Waals surface area contributed by atoms with Crippen LogP contribution in [0, 0.1) is 5.41 Å². The normalized spacial score (nSPS) is 18.4. The van der Waals surface area contributed by atoms with Crippen molar-refractivity contribution in [2.75, 3.05) is 36.0 Å². The summed E-state index contributed by atoms with van der Waals surface area (Å²) in [5.41, 5.74) is 0.973. The molecule has 0 unspecified atom stereocenters. The molecule has 0 atom stereocenters. The lowest BCUT2D eigenvalue weighted by molar-refractivity contribution is 0.168. The van der Waals surface area contributed by atoms with E-state index >= 15 is 0 Å². The first kappa shape index (κ1) is 17.7. The van der Waals surface area contributed by atoms with Crippen LogP contribution in [0.4, 0.5) is 11.8 Å². The maximum Gasteiger partial charge on any atom is 0.324 e. The fourth-order valence-corrected chi connectivity index (χ4v) is 4.68. The van der Waals surface area contributed by atoms with E-state index in [0.29, 0.717) is 21.9 Å². The molecule has 3 aromatic rings. The Morgan fingerprint density at radius 1 is 1.00 bits per heavy atom. The van der Waals surface area contributed by atoms with Gasteiger partial charge in [0, 0.05) is 59.6 Å². The second kappa shape index (κ2) is 6.90. The molecule has 1 spiro atoms. The van der Waals surface area contributed by atoms with Crippen molar-refractivity contribution >= 4 is 35.0 Å². The lowest BCUT2D eigenvalue weighted by Crippen LogP contribution is -2.63. The van der Waals surface area contributed by atoms with Gasteiger partial charge < -0.3 is 14.3 Å². The van der Waals surface area contributed by atoms with E-state index in [0.717, 1.165) is 44.0 Å². The van der Waals surface area contributed by atoms with Gasteiger partial charge in [-0.25, -0.2) is 4.98 Å². The first-order valence-corrected chi connectivity index (χ1v) is 9.92. The summed E-state index contributed by atoms with van der Waals surface area (Å²) in [6, 6.07) is 5.79. The highest BCUT2D eigenvalue weighted by Crippen LogP contribution is 2.41. The Labute approximate surface area is 172 Å². The molecule has 2 saturated heterocycles. The number of hydrogen-bond donors (Lipinski definition) is 0. The molecular formula is C19H18Cl2N6O. The summed E-state index contributed by atoms with van der Waals surface area (Å²) in [5.74, 6) is 1.43. The van der Waals surface area contributed by atoms with E-state index in [4.69, 9.17) is 27.7 Å². The maximum absolute atomic E-state index is 6.09. The molecule has 0 saturated carbocycles. The number of hydrogen-bond acceptors (Lipinski definition) is 7. The van der Waals surface area contributed by atoms with Crippen molar-refractivity contribution in [3.63, 3.8) is 0 Å². The molecule has 2 aromatic heterocycles. The van der Waals surface area contributed by atoms with E-state index in [-0.39, 0.29) is 5.41 Å². The second-order valence-electron chi connectivity index (χ2n) is 7.50. The Hall–Kier alpha value is -2.38. The number of rotatable bonds is 3. The number of anilines is 2. The molecule has 0 aliphatic carbocycles. The lowest BCUT2D eigenvalue weighted by atomic mass is 9.73. The van der Waals surface area contributed by atoms with Crippen LogP contribution in [-0.4, -0.2) is 46.3 Å². The first-order chi connectivity index (χ1) is 13.6. The topological polar surface area (TPSA) is 71.2 Å². The Bertz CT molecular complexity index is 969. The third kappa shape index (κ3) is 3.29. The van der Waals surface area contributed by atoms with Gasteiger partial charge in [0.2, 0.25) is 5.82 Å². The monoisotopic (exact) mass is 416 g/mol. The molecule has 4 heterocycles. The molecule has 0 radical (unpaired) electrons. The van der Waals surface area contributed by atoms with Crippen molar-refractivity contribution < 1.29 is 4.52 Å². The highest BCUT2D eigenvalue weighted by atomic mass is 35.5. The van der Waals surface area contributed by atoms with Gasteiger partial charge in [0.05, 0.1) is 6.20 Å². The lowest BCUT2D eigenvalue weighted by Gasteiger charge is -2.54. The molecule has 2 fully saturated rings. The van der Waals surface area contributed by atoms with Gasteiger partial charge in [-0.1, -0.05) is 28.4 Å². The summed E-state index contributed by atoms with van der Waals surface area (Å²) in [6.07, 6.45) is 7.52. The van der Waals surface area contributed by atoms with Crippen LogP contribution in [0.25, 0.3) is 11.4 Å². The minimum atomic E-state index is 0.226. The Balaban J connectivity index is 1.31. The van der Waals surface area contributed by atoms with Crippen molar-refractivity contribution in [2.45, 2.75) is 12.8 Å². The highest BCUT2D eigenvalue weighted by Gasteiger charge is 2.47. The zero-order chi connectivity index (χ0) is 19.1. The molecule has 5 rings (SSSR count). The molecule has 0 bridgehead atoms. The van der Waals surface area contributed by atoms with Gasteiger partial charge in [-0.15, -0.1) is 0 Å². The second-order valence-corrected chi connectivity index (χ2v) is 8.38. The fraction of sp³-hybridized carbons (Fsp3) is 0.368. The summed E-state index contributed by atoms with van der Waals surface area (Å²) < 4.78 is 5.55. The molecule has 9 heteroatoms. The standard InChI is InChI=1S/C19H18Cl2N6O/c20-14-6-13(7-15(21)8-14)17-24-18(28-25-17)26-5-1-2-19(10-26)11-27(12-19)16-9-22-3-4-23-16/h3-4,6-9H,1-2,5,10-12H2. The third-order valence-electron chi connectivity index (χ3n) is 5.39. The Kier molecular flexibility index (Phi) is 4.36. The van der Waals surface area contributed by atoms with E-state index in [9.17, 15) is 0 Å². The molecule has 2 aliphatic rings. The van der Waals surface area contributed by atoms with Gasteiger partial charge >= 0.3 is 6.01 Å². The predicted molar refractivity (Wildman–Crippen MR) is 108 cm³/mol. The van der Waals surface area contributed by atoms with Crippen LogP contribution >= 0.6 is 23.2 Å². The average molecular weight is 417 g/mol. The number of benzene rings is 1.